The van der Waals surface area contributed by atoms with Crippen molar-refractivity contribution in [2.24, 2.45) is 5.73 Å². The Balaban J connectivity index is 2.62. The van der Waals surface area contributed by atoms with Crippen LogP contribution in [0.2, 0.25) is 0 Å². The Kier molecular flexibility index (Phi) is 1.86. The van der Waals surface area contributed by atoms with E-state index in [4.69, 9.17) is 5.73 Å². The average molecular weight is 191 g/mol. The Morgan fingerprint density at radius 3 is 2.29 bits per heavy atom. The number of nitrogens with two attached hydrogens (primary N) is 1. The zero-order valence-electron chi connectivity index (χ0n) is 9.02. The molecule has 3 N–H and O–H groups in total. The lowest BCUT2D eigenvalue weighted by molar-refractivity contribution is 0.465. The molecule has 1 saturated carbocycles. The first-order valence-corrected chi connectivity index (χ1v) is 5.05. The van der Waals surface area contributed by atoms with Crippen LogP contribution >= 0.6 is 0 Å². The molecule has 2 nitrogen and oxygen atoms in total. The van der Waals surface area contributed by atoms with Crippen molar-refractivity contribution >= 4 is 0 Å². The summed E-state index contributed by atoms with van der Waals surface area (Å²) in [6.07, 6.45) is 2.13. The van der Waals surface area contributed by atoms with E-state index in [1.54, 1.807) is 0 Å². The van der Waals surface area contributed by atoms with Crippen molar-refractivity contribution in [2.45, 2.75) is 39.2 Å². The monoisotopic (exact) mass is 191 g/mol. The van der Waals surface area contributed by atoms with Gasteiger partial charge in [0.25, 0.3) is 0 Å². The van der Waals surface area contributed by atoms with Gasteiger partial charge in [0.2, 0.25) is 0 Å². The van der Waals surface area contributed by atoms with Crippen molar-refractivity contribution in [3.05, 3.63) is 28.3 Å². The fourth-order valence-corrected chi connectivity index (χ4v) is 1.99. The fraction of sp³-hybridized carbons (Fsp3) is 0.500. The molecule has 0 aromatic heterocycles. The van der Waals surface area contributed by atoms with Crippen molar-refractivity contribution in [3.63, 3.8) is 0 Å². The Morgan fingerprint density at radius 2 is 1.79 bits per heavy atom. The van der Waals surface area contributed by atoms with Gasteiger partial charge in [-0.3, -0.25) is 0 Å². The van der Waals surface area contributed by atoms with E-state index >= 15 is 0 Å². The van der Waals surface area contributed by atoms with Gasteiger partial charge >= 0.3 is 0 Å². The highest BCUT2D eigenvalue weighted by atomic mass is 16.3. The quantitative estimate of drug-likeness (QED) is 0.715. The van der Waals surface area contributed by atoms with Crippen LogP contribution in [-0.4, -0.2) is 5.11 Å². The Hall–Kier alpha value is -1.02. The van der Waals surface area contributed by atoms with Crippen molar-refractivity contribution in [1.82, 2.24) is 0 Å². The van der Waals surface area contributed by atoms with Crippen LogP contribution in [0.3, 0.4) is 0 Å². The number of hydrogen-bond acceptors (Lipinski definition) is 2. The predicted molar refractivity (Wildman–Crippen MR) is 57.4 cm³/mol. The zero-order valence-corrected chi connectivity index (χ0v) is 9.02. The molecule has 1 aromatic rings. The summed E-state index contributed by atoms with van der Waals surface area (Å²) in [5.41, 5.74) is 10.3. The summed E-state index contributed by atoms with van der Waals surface area (Å²) in [5, 5.41) is 9.76. The number of aryl methyl sites for hydroxylation is 1. The summed E-state index contributed by atoms with van der Waals surface area (Å²) in [6.45, 7) is 5.92. The van der Waals surface area contributed by atoms with Gasteiger partial charge in [0.05, 0.1) is 0 Å². The minimum absolute atomic E-state index is 0.104. The number of phenolic OH excluding ortho intramolecular Hbond substituents is 1. The molecule has 0 spiro atoms. The summed E-state index contributed by atoms with van der Waals surface area (Å²) in [4.78, 5) is 0. The number of aromatic hydroxyl groups is 1. The summed E-state index contributed by atoms with van der Waals surface area (Å²) in [5.74, 6) is 0.413. The smallest absolute Gasteiger partial charge is 0.121 e. The number of phenols is 1. The molecule has 14 heavy (non-hydrogen) atoms. The van der Waals surface area contributed by atoms with E-state index in [1.807, 2.05) is 26.8 Å². The molecule has 0 aliphatic heterocycles. The van der Waals surface area contributed by atoms with Gasteiger partial charge in [0, 0.05) is 5.54 Å². The lowest BCUT2D eigenvalue weighted by Gasteiger charge is -2.17. The maximum atomic E-state index is 9.76. The number of hydrogen-bond donors (Lipinski definition) is 2. The first kappa shape index (κ1) is 9.53. The minimum atomic E-state index is -0.104. The molecule has 76 valence electrons. The van der Waals surface area contributed by atoms with Gasteiger partial charge in [-0.2, -0.15) is 0 Å². The lowest BCUT2D eigenvalue weighted by atomic mass is 9.93. The van der Waals surface area contributed by atoms with Gasteiger partial charge in [-0.05, 0) is 55.9 Å². The highest BCUT2D eigenvalue weighted by molar-refractivity contribution is 5.51. The summed E-state index contributed by atoms with van der Waals surface area (Å²) in [6, 6.07) is 2.03. The van der Waals surface area contributed by atoms with E-state index in [9.17, 15) is 5.11 Å². The maximum absolute atomic E-state index is 9.76. The number of benzene rings is 1. The molecule has 1 aliphatic rings. The first-order valence-electron chi connectivity index (χ1n) is 5.05. The molecule has 0 radical (unpaired) electrons. The second-order valence-electron chi connectivity index (χ2n) is 4.50. The topological polar surface area (TPSA) is 46.2 Å². The van der Waals surface area contributed by atoms with Crippen LogP contribution in [-0.2, 0) is 5.54 Å². The van der Waals surface area contributed by atoms with Gasteiger partial charge in [-0.1, -0.05) is 6.07 Å². The van der Waals surface area contributed by atoms with E-state index in [0.717, 1.165) is 29.5 Å². The normalized spacial score (nSPS) is 18.3. The second-order valence-corrected chi connectivity index (χ2v) is 4.50. The van der Waals surface area contributed by atoms with Crippen LogP contribution in [0, 0.1) is 20.8 Å². The third-order valence-electron chi connectivity index (χ3n) is 3.38. The molecule has 0 atom stereocenters. The third-order valence-corrected chi connectivity index (χ3v) is 3.38. The number of rotatable bonds is 1. The van der Waals surface area contributed by atoms with Crippen LogP contribution in [0.1, 0.15) is 35.1 Å². The minimum Gasteiger partial charge on any atom is -0.507 e. The van der Waals surface area contributed by atoms with Crippen molar-refractivity contribution < 1.29 is 5.11 Å². The molecular weight excluding hydrogens is 174 g/mol. The second kappa shape index (κ2) is 2.74. The molecule has 0 amide bonds. The van der Waals surface area contributed by atoms with Gasteiger partial charge in [-0.15, -0.1) is 0 Å². The molecule has 1 fully saturated rings. The Bertz CT molecular complexity index is 392. The maximum Gasteiger partial charge on any atom is 0.121 e. The molecule has 1 aromatic carbocycles. The molecule has 0 heterocycles. The van der Waals surface area contributed by atoms with Crippen LogP contribution < -0.4 is 5.73 Å². The van der Waals surface area contributed by atoms with Crippen molar-refractivity contribution in [1.29, 1.82) is 0 Å². The van der Waals surface area contributed by atoms with Crippen LogP contribution in [0.15, 0.2) is 6.07 Å². The molecular formula is C12H17NO. The SMILES string of the molecule is Cc1cc(C2(N)CC2)c(C)c(C)c1O. The highest BCUT2D eigenvalue weighted by Crippen LogP contribution is 2.46. The van der Waals surface area contributed by atoms with Crippen LogP contribution in [0.5, 0.6) is 5.75 Å². The van der Waals surface area contributed by atoms with Gasteiger partial charge < -0.3 is 10.8 Å². The van der Waals surface area contributed by atoms with E-state index < -0.39 is 0 Å². The molecule has 0 saturated heterocycles. The van der Waals surface area contributed by atoms with E-state index in [-0.39, 0.29) is 5.54 Å². The van der Waals surface area contributed by atoms with Crippen molar-refractivity contribution in [2.75, 3.05) is 0 Å². The molecule has 1 aliphatic carbocycles. The lowest BCUT2D eigenvalue weighted by Crippen LogP contribution is -2.20. The first-order chi connectivity index (χ1) is 6.46. The van der Waals surface area contributed by atoms with Gasteiger partial charge in [0.15, 0.2) is 0 Å². The molecule has 0 bridgehead atoms. The summed E-state index contributed by atoms with van der Waals surface area (Å²) >= 11 is 0. The standard InChI is InChI=1S/C12H17NO/c1-7-6-10(12(13)4-5-12)8(2)9(3)11(7)14/h6,14H,4-5,13H2,1-3H3. The highest BCUT2D eigenvalue weighted by Gasteiger charge is 2.41. The van der Waals surface area contributed by atoms with E-state index in [1.165, 1.54) is 5.56 Å². The summed E-state index contributed by atoms with van der Waals surface area (Å²) < 4.78 is 0. The third kappa shape index (κ3) is 1.22. The summed E-state index contributed by atoms with van der Waals surface area (Å²) in [7, 11) is 0. The van der Waals surface area contributed by atoms with Crippen LogP contribution in [0.4, 0.5) is 0 Å². The van der Waals surface area contributed by atoms with Crippen molar-refractivity contribution in [3.8, 4) is 5.75 Å². The molecule has 2 rings (SSSR count). The molecule has 0 unspecified atom stereocenters. The fourth-order valence-electron chi connectivity index (χ4n) is 1.99. The van der Waals surface area contributed by atoms with Crippen LogP contribution in [0.25, 0.3) is 0 Å². The van der Waals surface area contributed by atoms with E-state index in [0.29, 0.717) is 5.75 Å². The Labute approximate surface area is 84.7 Å². The predicted octanol–water partition coefficient (Wildman–Crippen LogP) is 2.27. The van der Waals surface area contributed by atoms with E-state index in [2.05, 4.69) is 0 Å². The largest absolute Gasteiger partial charge is 0.507 e. The zero-order chi connectivity index (χ0) is 10.5. The average Bonchev–Trinajstić information content (AvgIpc) is 2.87. The Morgan fingerprint density at radius 1 is 1.21 bits per heavy atom. The molecule has 2 heteroatoms. The van der Waals surface area contributed by atoms with Gasteiger partial charge in [0.1, 0.15) is 5.75 Å². The van der Waals surface area contributed by atoms with Gasteiger partial charge in [-0.25, -0.2) is 0 Å².